The maximum Gasteiger partial charge on any atom is 0.164 e. The van der Waals surface area contributed by atoms with Crippen LogP contribution in [-0.4, -0.2) is 24.9 Å². The summed E-state index contributed by atoms with van der Waals surface area (Å²) in [4.78, 5) is 25.5. The lowest BCUT2D eigenvalue weighted by Crippen LogP contribution is -2.19. The lowest BCUT2D eigenvalue weighted by Gasteiger charge is -2.27. The van der Waals surface area contributed by atoms with E-state index >= 15 is 0 Å². The summed E-state index contributed by atoms with van der Waals surface area (Å²) in [5, 5.41) is 2.20. The van der Waals surface area contributed by atoms with Crippen molar-refractivity contribution in [3.63, 3.8) is 0 Å². The standard InChI is InChI=1S/C54H41N5/c1-4-14-37(15-5-1)50-55-48(34-49(56-50)42-22-13-23-43(33-42)54-30-28-36(35-54)29-31-54)41-21-12-20-40(32-41)44-26-27-47(46-25-11-10-24-45(44)46)53-58-51(38-16-6-2-7-17-38)57-52(59-53)39-18-8-3-9-19-39/h1-27,32-34,36H,28-31,35H2. The zero-order valence-electron chi connectivity index (χ0n) is 32.7. The van der Waals surface area contributed by atoms with E-state index in [1.54, 1.807) is 0 Å². The van der Waals surface area contributed by atoms with Crippen molar-refractivity contribution < 1.29 is 0 Å². The van der Waals surface area contributed by atoms with Gasteiger partial charge in [-0.1, -0.05) is 158 Å². The van der Waals surface area contributed by atoms with E-state index in [4.69, 9.17) is 24.9 Å². The predicted octanol–water partition coefficient (Wildman–Crippen LogP) is 13.3. The van der Waals surface area contributed by atoms with Crippen LogP contribution >= 0.6 is 0 Å². The third-order valence-electron chi connectivity index (χ3n) is 12.6. The molecule has 7 aromatic carbocycles. The van der Waals surface area contributed by atoms with Gasteiger partial charge in [0.25, 0.3) is 0 Å². The van der Waals surface area contributed by atoms with Crippen molar-refractivity contribution in [2.75, 3.05) is 0 Å². The topological polar surface area (TPSA) is 64.5 Å². The van der Waals surface area contributed by atoms with Crippen molar-refractivity contribution in [1.29, 1.82) is 0 Å². The van der Waals surface area contributed by atoms with Crippen LogP contribution in [-0.2, 0) is 5.41 Å². The normalized spacial score (nSPS) is 17.1. The molecule has 282 valence electrons. The first-order chi connectivity index (χ1) is 29.2. The number of benzene rings is 7. The van der Waals surface area contributed by atoms with Crippen LogP contribution in [0.3, 0.4) is 0 Å². The zero-order valence-corrected chi connectivity index (χ0v) is 32.7. The van der Waals surface area contributed by atoms with E-state index in [2.05, 4.69) is 115 Å². The highest BCUT2D eigenvalue weighted by Crippen LogP contribution is 2.55. The van der Waals surface area contributed by atoms with Crippen molar-refractivity contribution in [2.45, 2.75) is 37.5 Å². The van der Waals surface area contributed by atoms with E-state index in [0.717, 1.165) is 78.4 Å². The number of hydrogen-bond donors (Lipinski definition) is 0. The zero-order chi connectivity index (χ0) is 39.2. The summed E-state index contributed by atoms with van der Waals surface area (Å²) >= 11 is 0. The van der Waals surface area contributed by atoms with Gasteiger partial charge in [0.1, 0.15) is 0 Å². The Morgan fingerprint density at radius 2 is 0.814 bits per heavy atom. The van der Waals surface area contributed by atoms with Gasteiger partial charge in [0.15, 0.2) is 23.3 Å². The van der Waals surface area contributed by atoms with Crippen molar-refractivity contribution >= 4 is 10.8 Å². The van der Waals surface area contributed by atoms with Crippen LogP contribution in [0.1, 0.15) is 37.7 Å². The molecule has 0 amide bonds. The largest absolute Gasteiger partial charge is 0.228 e. The molecule has 0 aliphatic heterocycles. The fourth-order valence-corrected chi connectivity index (χ4v) is 9.59. The minimum atomic E-state index is 0.323. The predicted molar refractivity (Wildman–Crippen MR) is 239 cm³/mol. The molecule has 0 radical (unpaired) electrons. The van der Waals surface area contributed by atoms with Crippen LogP contribution in [0.15, 0.2) is 182 Å². The molecule has 2 saturated carbocycles. The first-order valence-corrected chi connectivity index (χ1v) is 20.7. The summed E-state index contributed by atoms with van der Waals surface area (Å²) in [5.74, 6) is 3.54. The first-order valence-electron chi connectivity index (χ1n) is 20.7. The van der Waals surface area contributed by atoms with Crippen LogP contribution in [0.5, 0.6) is 0 Å². The Hall–Kier alpha value is -7.11. The summed E-state index contributed by atoms with van der Waals surface area (Å²) in [5.41, 5.74) is 11.9. The van der Waals surface area contributed by atoms with Gasteiger partial charge < -0.3 is 0 Å². The summed E-state index contributed by atoms with van der Waals surface area (Å²) in [7, 11) is 0. The molecule has 0 N–H and O–H groups in total. The monoisotopic (exact) mass is 759 g/mol. The molecular weight excluding hydrogens is 719 g/mol. The van der Waals surface area contributed by atoms with E-state index in [-0.39, 0.29) is 0 Å². The molecule has 0 spiro atoms. The average Bonchev–Trinajstić information content (AvgIpc) is 3.95. The third-order valence-corrected chi connectivity index (χ3v) is 12.6. The van der Waals surface area contributed by atoms with E-state index in [1.807, 2.05) is 66.7 Å². The molecule has 0 unspecified atom stereocenters. The van der Waals surface area contributed by atoms with E-state index < -0.39 is 0 Å². The van der Waals surface area contributed by atoms with Crippen molar-refractivity contribution in [2.24, 2.45) is 5.92 Å². The Morgan fingerprint density at radius 1 is 0.356 bits per heavy atom. The Morgan fingerprint density at radius 3 is 1.39 bits per heavy atom. The minimum absolute atomic E-state index is 0.323. The Kier molecular flexibility index (Phi) is 8.73. The van der Waals surface area contributed by atoms with Gasteiger partial charge >= 0.3 is 0 Å². The maximum absolute atomic E-state index is 5.22. The van der Waals surface area contributed by atoms with E-state index in [0.29, 0.717) is 22.9 Å². The molecule has 2 bridgehead atoms. The van der Waals surface area contributed by atoms with E-state index in [9.17, 15) is 0 Å². The molecule has 59 heavy (non-hydrogen) atoms. The fraction of sp³-hybridized carbons (Fsp3) is 0.130. The molecule has 2 fully saturated rings. The number of fused-ring (bicyclic) bond motifs is 3. The Labute approximate surface area is 344 Å². The highest BCUT2D eigenvalue weighted by molar-refractivity contribution is 6.04. The van der Waals surface area contributed by atoms with Crippen molar-refractivity contribution in [3.8, 4) is 79.2 Å². The van der Waals surface area contributed by atoms with Crippen molar-refractivity contribution in [3.05, 3.63) is 188 Å². The molecule has 11 rings (SSSR count). The van der Waals surface area contributed by atoms with Gasteiger partial charge in [-0.15, -0.1) is 0 Å². The van der Waals surface area contributed by atoms with Gasteiger partial charge in [0.2, 0.25) is 0 Å². The molecule has 5 nitrogen and oxygen atoms in total. The summed E-state index contributed by atoms with van der Waals surface area (Å²) in [6.07, 6.45) is 6.63. The Bertz CT molecular complexity index is 2910. The average molecular weight is 760 g/mol. The number of aromatic nitrogens is 5. The lowest BCUT2D eigenvalue weighted by atomic mass is 9.77. The molecule has 2 heterocycles. The molecule has 5 heteroatoms. The highest BCUT2D eigenvalue weighted by atomic mass is 15.0. The number of rotatable bonds is 8. The molecule has 2 aliphatic rings. The number of hydrogen-bond acceptors (Lipinski definition) is 5. The quantitative estimate of drug-likeness (QED) is 0.154. The van der Waals surface area contributed by atoms with Gasteiger partial charge in [-0.25, -0.2) is 24.9 Å². The van der Waals surface area contributed by atoms with Crippen LogP contribution in [0, 0.1) is 5.92 Å². The van der Waals surface area contributed by atoms with Gasteiger partial charge in [-0.3, -0.25) is 0 Å². The van der Waals surface area contributed by atoms with Crippen LogP contribution in [0.25, 0.3) is 90.0 Å². The molecule has 2 aliphatic carbocycles. The highest BCUT2D eigenvalue weighted by Gasteiger charge is 2.45. The smallest absolute Gasteiger partial charge is 0.164 e. The third kappa shape index (κ3) is 6.59. The molecule has 0 atom stereocenters. The van der Waals surface area contributed by atoms with Gasteiger partial charge in [-0.2, -0.15) is 0 Å². The van der Waals surface area contributed by atoms with Gasteiger partial charge in [0.05, 0.1) is 11.4 Å². The molecule has 2 aromatic heterocycles. The Balaban J connectivity index is 1.02. The minimum Gasteiger partial charge on any atom is -0.228 e. The first kappa shape index (κ1) is 35.1. The SMILES string of the molecule is c1ccc(-c2nc(-c3cccc(-c4ccc(-c5nc(-c6ccccc6)nc(-c6ccccc6)n5)c5ccccc45)c3)cc(-c3cccc(C45CCC(CC4)C5)c3)n2)cc1. The lowest BCUT2D eigenvalue weighted by molar-refractivity contribution is 0.419. The van der Waals surface area contributed by atoms with Gasteiger partial charge in [0, 0.05) is 33.4 Å². The maximum atomic E-state index is 5.22. The van der Waals surface area contributed by atoms with Crippen LogP contribution < -0.4 is 0 Å². The molecule has 0 saturated heterocycles. The fourth-order valence-electron chi connectivity index (χ4n) is 9.59. The molecule has 9 aromatic rings. The second-order valence-electron chi connectivity index (χ2n) is 16.2. The molecular formula is C54H41N5. The van der Waals surface area contributed by atoms with Crippen molar-refractivity contribution in [1.82, 2.24) is 24.9 Å². The number of nitrogens with zero attached hydrogens (tertiary/aromatic N) is 5. The van der Waals surface area contributed by atoms with E-state index in [1.165, 1.54) is 37.7 Å². The van der Waals surface area contributed by atoms with Crippen LogP contribution in [0.4, 0.5) is 0 Å². The van der Waals surface area contributed by atoms with Gasteiger partial charge in [-0.05, 0) is 95.2 Å². The summed E-state index contributed by atoms with van der Waals surface area (Å²) < 4.78 is 0. The summed E-state index contributed by atoms with van der Waals surface area (Å²) in [6.45, 7) is 0. The summed E-state index contributed by atoms with van der Waals surface area (Å²) in [6, 6.07) is 63.6. The second-order valence-corrected chi connectivity index (χ2v) is 16.2. The second kappa shape index (κ2) is 14.7. The van der Waals surface area contributed by atoms with Crippen LogP contribution in [0.2, 0.25) is 0 Å².